The molecule has 184 valence electrons. The second-order valence-electron chi connectivity index (χ2n) is 8.57. The molecule has 0 bridgehead atoms. The van der Waals surface area contributed by atoms with Gasteiger partial charge in [0.15, 0.2) is 0 Å². The molecule has 0 unspecified atom stereocenters. The highest BCUT2D eigenvalue weighted by Crippen LogP contribution is 2.22. The second-order valence-corrected chi connectivity index (χ2v) is 11.4. The Kier molecular flexibility index (Phi) is 8.70. The molecule has 10 heteroatoms. The maximum atomic E-state index is 13.8. The third-order valence-corrected chi connectivity index (χ3v) is 7.52. The van der Waals surface area contributed by atoms with Crippen LogP contribution in [0.1, 0.15) is 38.2 Å². The number of benzene rings is 2. The van der Waals surface area contributed by atoms with E-state index in [2.05, 4.69) is 21.2 Å². The summed E-state index contributed by atoms with van der Waals surface area (Å²) in [7, 11) is -3.90. The fourth-order valence-corrected chi connectivity index (χ4v) is 5.34. The van der Waals surface area contributed by atoms with Gasteiger partial charge in [0.1, 0.15) is 18.4 Å². The molecule has 3 rings (SSSR count). The van der Waals surface area contributed by atoms with Crippen molar-refractivity contribution < 1.29 is 22.4 Å². The van der Waals surface area contributed by atoms with Crippen LogP contribution in [0.15, 0.2) is 53.0 Å². The lowest BCUT2D eigenvalue weighted by Gasteiger charge is -2.32. The van der Waals surface area contributed by atoms with Crippen LogP contribution in [0.25, 0.3) is 0 Å². The average molecular weight is 554 g/mol. The summed E-state index contributed by atoms with van der Waals surface area (Å²) in [5, 5.41) is 3.01. The van der Waals surface area contributed by atoms with Gasteiger partial charge in [-0.3, -0.25) is 13.9 Å². The molecule has 0 heterocycles. The average Bonchev–Trinajstić information content (AvgIpc) is 3.27. The van der Waals surface area contributed by atoms with Crippen LogP contribution >= 0.6 is 15.9 Å². The standard InChI is InChI=1S/C24H29BrFN3O4S/c1-17(24(31)27-21-10-3-4-11-21)28(15-18-7-5-8-19(25)13-18)23(30)16-29(34(2,32)33)22-12-6-9-20(26)14-22/h5-9,12-14,17,21H,3-4,10-11,15-16H2,1-2H3,(H,27,31)/t17-/m1/s1. The van der Waals surface area contributed by atoms with E-state index < -0.39 is 34.3 Å². The molecule has 0 aliphatic heterocycles. The summed E-state index contributed by atoms with van der Waals surface area (Å²) in [5.41, 5.74) is 0.821. The van der Waals surface area contributed by atoms with Crippen LogP contribution in [0, 0.1) is 5.82 Å². The van der Waals surface area contributed by atoms with Crippen molar-refractivity contribution in [2.45, 2.75) is 51.2 Å². The Morgan fingerprint density at radius 1 is 1.15 bits per heavy atom. The van der Waals surface area contributed by atoms with E-state index in [0.29, 0.717) is 0 Å². The number of hydrogen-bond donors (Lipinski definition) is 1. The predicted molar refractivity (Wildman–Crippen MR) is 133 cm³/mol. The number of anilines is 1. The second kappa shape index (κ2) is 11.3. The minimum Gasteiger partial charge on any atom is -0.352 e. The molecule has 0 saturated heterocycles. The van der Waals surface area contributed by atoms with Crippen molar-refractivity contribution in [2.75, 3.05) is 17.1 Å². The van der Waals surface area contributed by atoms with Crippen molar-refractivity contribution >= 4 is 43.5 Å². The normalized spacial score (nSPS) is 15.1. The summed E-state index contributed by atoms with van der Waals surface area (Å²) < 4.78 is 40.4. The molecule has 2 aromatic carbocycles. The Morgan fingerprint density at radius 3 is 2.44 bits per heavy atom. The third kappa shape index (κ3) is 7.02. The van der Waals surface area contributed by atoms with Crippen molar-refractivity contribution in [1.29, 1.82) is 0 Å². The van der Waals surface area contributed by atoms with Crippen LogP contribution in [0.2, 0.25) is 0 Å². The van der Waals surface area contributed by atoms with Gasteiger partial charge in [0.25, 0.3) is 0 Å². The quantitative estimate of drug-likeness (QED) is 0.511. The molecule has 2 amide bonds. The minimum atomic E-state index is -3.90. The molecule has 7 nitrogen and oxygen atoms in total. The zero-order valence-electron chi connectivity index (χ0n) is 19.2. The molecule has 1 fully saturated rings. The van der Waals surface area contributed by atoms with E-state index in [1.54, 1.807) is 6.92 Å². The molecule has 0 aromatic heterocycles. The molecular formula is C24H29BrFN3O4S. The Balaban J connectivity index is 1.88. The molecule has 1 aliphatic carbocycles. The van der Waals surface area contributed by atoms with E-state index >= 15 is 0 Å². The number of halogens is 2. The highest BCUT2D eigenvalue weighted by Gasteiger charge is 2.31. The Bertz CT molecular complexity index is 1140. The van der Waals surface area contributed by atoms with E-state index in [-0.39, 0.29) is 24.2 Å². The first-order valence-corrected chi connectivity index (χ1v) is 13.8. The zero-order chi connectivity index (χ0) is 24.9. The topological polar surface area (TPSA) is 86.8 Å². The van der Waals surface area contributed by atoms with Crippen molar-refractivity contribution in [3.8, 4) is 0 Å². The summed E-state index contributed by atoms with van der Waals surface area (Å²) >= 11 is 3.41. The molecule has 1 aliphatic rings. The van der Waals surface area contributed by atoms with E-state index in [1.165, 1.54) is 23.1 Å². The monoisotopic (exact) mass is 553 g/mol. The highest BCUT2D eigenvalue weighted by molar-refractivity contribution is 9.10. The van der Waals surface area contributed by atoms with Gasteiger partial charge in [0.2, 0.25) is 21.8 Å². The van der Waals surface area contributed by atoms with Gasteiger partial charge in [-0.25, -0.2) is 12.8 Å². The number of carbonyl (C=O) groups is 2. The van der Waals surface area contributed by atoms with E-state index in [4.69, 9.17) is 0 Å². The van der Waals surface area contributed by atoms with Gasteiger partial charge in [-0.15, -0.1) is 0 Å². The number of nitrogens with zero attached hydrogens (tertiary/aromatic N) is 2. The number of hydrogen-bond acceptors (Lipinski definition) is 4. The molecular weight excluding hydrogens is 525 g/mol. The van der Waals surface area contributed by atoms with Crippen LogP contribution in [0.3, 0.4) is 0 Å². The summed E-state index contributed by atoms with van der Waals surface area (Å²) in [6.45, 7) is 1.18. The first kappa shape index (κ1) is 26.2. The first-order chi connectivity index (χ1) is 16.0. The summed E-state index contributed by atoms with van der Waals surface area (Å²) in [6.07, 6.45) is 4.87. The maximum absolute atomic E-state index is 13.8. The fraction of sp³-hybridized carbons (Fsp3) is 0.417. The molecule has 0 spiro atoms. The smallest absolute Gasteiger partial charge is 0.244 e. The van der Waals surface area contributed by atoms with Gasteiger partial charge in [-0.05, 0) is 55.7 Å². The lowest BCUT2D eigenvalue weighted by atomic mass is 10.1. The fourth-order valence-electron chi connectivity index (χ4n) is 4.05. The Morgan fingerprint density at radius 2 is 1.82 bits per heavy atom. The molecule has 34 heavy (non-hydrogen) atoms. The molecule has 1 N–H and O–H groups in total. The van der Waals surface area contributed by atoms with Gasteiger partial charge in [-0.1, -0.05) is 47.0 Å². The van der Waals surface area contributed by atoms with Gasteiger partial charge in [-0.2, -0.15) is 0 Å². The van der Waals surface area contributed by atoms with Crippen LogP contribution in [0.5, 0.6) is 0 Å². The van der Waals surface area contributed by atoms with Crippen LogP contribution < -0.4 is 9.62 Å². The van der Waals surface area contributed by atoms with Crippen molar-refractivity contribution in [2.24, 2.45) is 0 Å². The number of carbonyl (C=O) groups excluding carboxylic acids is 2. The predicted octanol–water partition coefficient (Wildman–Crippen LogP) is 3.83. The lowest BCUT2D eigenvalue weighted by molar-refractivity contribution is -0.139. The SMILES string of the molecule is C[C@H](C(=O)NC1CCCC1)N(Cc1cccc(Br)c1)C(=O)CN(c1cccc(F)c1)S(C)(=O)=O. The minimum absolute atomic E-state index is 0.0429. The first-order valence-electron chi connectivity index (χ1n) is 11.1. The van der Waals surface area contributed by atoms with Gasteiger partial charge in [0, 0.05) is 17.1 Å². The highest BCUT2D eigenvalue weighted by atomic mass is 79.9. The van der Waals surface area contributed by atoms with E-state index in [9.17, 15) is 22.4 Å². The molecule has 1 saturated carbocycles. The lowest BCUT2D eigenvalue weighted by Crippen LogP contribution is -2.52. The van der Waals surface area contributed by atoms with Crippen LogP contribution in [0.4, 0.5) is 10.1 Å². The molecule has 2 aromatic rings. The largest absolute Gasteiger partial charge is 0.352 e. The summed E-state index contributed by atoms with van der Waals surface area (Å²) in [4.78, 5) is 27.8. The number of rotatable bonds is 9. The van der Waals surface area contributed by atoms with E-state index in [0.717, 1.165) is 52.3 Å². The Labute approximate surface area is 208 Å². The maximum Gasteiger partial charge on any atom is 0.244 e. The summed E-state index contributed by atoms with van der Waals surface area (Å²) in [5.74, 6) is -1.47. The van der Waals surface area contributed by atoms with Gasteiger partial charge >= 0.3 is 0 Å². The van der Waals surface area contributed by atoms with Crippen molar-refractivity contribution in [3.05, 3.63) is 64.4 Å². The molecule has 0 radical (unpaired) electrons. The number of amides is 2. The third-order valence-electron chi connectivity index (χ3n) is 5.89. The Hall–Kier alpha value is -2.46. The number of sulfonamides is 1. The number of nitrogens with one attached hydrogen (secondary N) is 1. The van der Waals surface area contributed by atoms with Gasteiger partial charge < -0.3 is 10.2 Å². The van der Waals surface area contributed by atoms with Gasteiger partial charge in [0.05, 0.1) is 11.9 Å². The van der Waals surface area contributed by atoms with Crippen LogP contribution in [-0.2, 0) is 26.2 Å². The summed E-state index contributed by atoms with van der Waals surface area (Å²) in [6, 6.07) is 11.6. The van der Waals surface area contributed by atoms with Crippen molar-refractivity contribution in [1.82, 2.24) is 10.2 Å². The van der Waals surface area contributed by atoms with Crippen LogP contribution in [-0.4, -0.2) is 50.0 Å². The molecule has 1 atom stereocenters. The van der Waals surface area contributed by atoms with E-state index in [1.807, 2.05) is 24.3 Å². The zero-order valence-corrected chi connectivity index (χ0v) is 21.6. The van der Waals surface area contributed by atoms with Crippen molar-refractivity contribution in [3.63, 3.8) is 0 Å².